The van der Waals surface area contributed by atoms with Crippen LogP contribution in [0.3, 0.4) is 0 Å². The van der Waals surface area contributed by atoms with E-state index >= 15 is 0 Å². The Morgan fingerprint density at radius 2 is 2.04 bits per heavy atom. The van der Waals surface area contributed by atoms with Crippen LogP contribution >= 0.6 is 0 Å². The molecule has 1 saturated heterocycles. The maximum Gasteiger partial charge on any atom is 0.226 e. The zero-order valence-corrected chi connectivity index (χ0v) is 15.3. The third-order valence-electron chi connectivity index (χ3n) is 4.87. The number of carbonyl (C=O) groups excluding carboxylic acids is 2. The highest BCUT2D eigenvalue weighted by atomic mass is 16.2. The average molecular weight is 342 g/mol. The fourth-order valence-corrected chi connectivity index (χ4v) is 3.50. The SMILES string of the molecule is CC(C)C[C@H](NC(=O)[C@@H]1CC(=O)N(C)C1)c1nc2ccccc2n1C. The Kier molecular flexibility index (Phi) is 4.79. The lowest BCUT2D eigenvalue weighted by atomic mass is 10.0. The van der Waals surface area contributed by atoms with Crippen molar-refractivity contribution in [3.05, 3.63) is 30.1 Å². The molecule has 25 heavy (non-hydrogen) atoms. The molecule has 1 aliphatic heterocycles. The molecular weight excluding hydrogens is 316 g/mol. The fourth-order valence-electron chi connectivity index (χ4n) is 3.50. The van der Waals surface area contributed by atoms with Crippen LogP contribution in [0.2, 0.25) is 0 Å². The Morgan fingerprint density at radius 1 is 1.32 bits per heavy atom. The number of imidazole rings is 1. The molecule has 6 nitrogen and oxygen atoms in total. The van der Waals surface area contributed by atoms with Gasteiger partial charge >= 0.3 is 0 Å². The number of nitrogens with zero attached hydrogens (tertiary/aromatic N) is 3. The van der Waals surface area contributed by atoms with Crippen molar-refractivity contribution < 1.29 is 9.59 Å². The summed E-state index contributed by atoms with van der Waals surface area (Å²) in [6.07, 6.45) is 1.10. The van der Waals surface area contributed by atoms with Crippen molar-refractivity contribution >= 4 is 22.8 Å². The molecule has 0 saturated carbocycles. The van der Waals surface area contributed by atoms with Gasteiger partial charge in [-0.1, -0.05) is 26.0 Å². The van der Waals surface area contributed by atoms with Gasteiger partial charge in [0.1, 0.15) is 5.82 Å². The van der Waals surface area contributed by atoms with Crippen LogP contribution in [-0.2, 0) is 16.6 Å². The monoisotopic (exact) mass is 342 g/mol. The molecule has 134 valence electrons. The van der Waals surface area contributed by atoms with E-state index in [0.29, 0.717) is 18.9 Å². The first-order chi connectivity index (χ1) is 11.9. The Bertz CT molecular complexity index is 796. The number of nitrogens with one attached hydrogen (secondary N) is 1. The molecular formula is C19H26N4O2. The highest BCUT2D eigenvalue weighted by Gasteiger charge is 2.34. The van der Waals surface area contributed by atoms with Gasteiger partial charge < -0.3 is 14.8 Å². The molecule has 0 spiro atoms. The first kappa shape index (κ1) is 17.5. The number of para-hydroxylation sites is 2. The summed E-state index contributed by atoms with van der Waals surface area (Å²) in [5, 5.41) is 3.15. The van der Waals surface area contributed by atoms with E-state index in [4.69, 9.17) is 4.98 Å². The van der Waals surface area contributed by atoms with Crippen molar-refractivity contribution in [2.24, 2.45) is 18.9 Å². The molecule has 1 N–H and O–H groups in total. The number of benzene rings is 1. The van der Waals surface area contributed by atoms with Gasteiger partial charge in [-0.25, -0.2) is 4.98 Å². The highest BCUT2D eigenvalue weighted by molar-refractivity contribution is 5.89. The molecule has 2 aromatic rings. The normalized spacial score (nSPS) is 19.0. The van der Waals surface area contributed by atoms with Crippen LogP contribution in [0.15, 0.2) is 24.3 Å². The minimum atomic E-state index is -0.276. The second kappa shape index (κ2) is 6.86. The summed E-state index contributed by atoms with van der Waals surface area (Å²) in [6, 6.07) is 7.81. The van der Waals surface area contributed by atoms with Crippen LogP contribution in [-0.4, -0.2) is 39.9 Å². The minimum Gasteiger partial charge on any atom is -0.346 e. The summed E-state index contributed by atoms with van der Waals surface area (Å²) in [5.74, 6) is 0.972. The third kappa shape index (κ3) is 3.52. The molecule has 3 rings (SSSR count). The van der Waals surface area contributed by atoms with E-state index in [1.807, 2.05) is 31.3 Å². The molecule has 0 bridgehead atoms. The second-order valence-corrected chi connectivity index (χ2v) is 7.38. The van der Waals surface area contributed by atoms with Crippen LogP contribution in [0.25, 0.3) is 11.0 Å². The van der Waals surface area contributed by atoms with E-state index in [0.717, 1.165) is 23.3 Å². The molecule has 1 aromatic carbocycles. The van der Waals surface area contributed by atoms with Crippen LogP contribution in [0.1, 0.15) is 38.6 Å². The predicted molar refractivity (Wildman–Crippen MR) is 96.8 cm³/mol. The number of fused-ring (bicyclic) bond motifs is 1. The van der Waals surface area contributed by atoms with Crippen molar-refractivity contribution in [1.82, 2.24) is 19.8 Å². The van der Waals surface area contributed by atoms with Gasteiger partial charge in [0.2, 0.25) is 11.8 Å². The quantitative estimate of drug-likeness (QED) is 0.906. The zero-order valence-electron chi connectivity index (χ0n) is 15.3. The number of likely N-dealkylation sites (tertiary alicyclic amines) is 1. The second-order valence-electron chi connectivity index (χ2n) is 7.38. The molecule has 2 heterocycles. The lowest BCUT2D eigenvalue weighted by Crippen LogP contribution is -2.36. The maximum absolute atomic E-state index is 12.7. The molecule has 0 unspecified atom stereocenters. The maximum atomic E-state index is 12.7. The average Bonchev–Trinajstić information content (AvgIpc) is 3.07. The lowest BCUT2D eigenvalue weighted by Gasteiger charge is -2.22. The number of aromatic nitrogens is 2. The van der Waals surface area contributed by atoms with Crippen molar-refractivity contribution in [1.29, 1.82) is 0 Å². The topological polar surface area (TPSA) is 67.2 Å². The lowest BCUT2D eigenvalue weighted by molar-refractivity contribution is -0.128. The summed E-state index contributed by atoms with van der Waals surface area (Å²) in [6.45, 7) is 4.75. The molecule has 2 atom stereocenters. The summed E-state index contributed by atoms with van der Waals surface area (Å²) < 4.78 is 2.05. The van der Waals surface area contributed by atoms with Gasteiger partial charge in [0, 0.05) is 27.1 Å². The molecule has 6 heteroatoms. The summed E-state index contributed by atoms with van der Waals surface area (Å²) in [7, 11) is 3.73. The number of hydrogen-bond donors (Lipinski definition) is 1. The highest BCUT2D eigenvalue weighted by Crippen LogP contribution is 2.26. The molecule has 1 fully saturated rings. The Morgan fingerprint density at radius 3 is 2.64 bits per heavy atom. The van der Waals surface area contributed by atoms with Crippen molar-refractivity contribution in [2.75, 3.05) is 13.6 Å². The first-order valence-electron chi connectivity index (χ1n) is 8.82. The van der Waals surface area contributed by atoms with Gasteiger partial charge in [-0.15, -0.1) is 0 Å². The van der Waals surface area contributed by atoms with Crippen LogP contribution in [0.5, 0.6) is 0 Å². The van der Waals surface area contributed by atoms with Gasteiger partial charge in [0.05, 0.1) is 23.0 Å². The molecule has 1 aromatic heterocycles. The Labute approximate surface area is 148 Å². The molecule has 2 amide bonds. The standard InChI is InChI=1S/C19H26N4O2/c1-12(2)9-15(21-19(25)13-10-17(24)22(3)11-13)18-20-14-7-5-6-8-16(14)23(18)4/h5-8,12-13,15H,9-11H2,1-4H3,(H,21,25)/t13-,15+/m1/s1. The number of hydrogen-bond acceptors (Lipinski definition) is 3. The van der Waals surface area contributed by atoms with Crippen LogP contribution in [0, 0.1) is 11.8 Å². The van der Waals surface area contributed by atoms with Gasteiger partial charge in [-0.3, -0.25) is 9.59 Å². The van der Waals surface area contributed by atoms with Gasteiger partial charge in [-0.2, -0.15) is 0 Å². The Hall–Kier alpha value is -2.37. The molecule has 0 aliphatic carbocycles. The van der Waals surface area contributed by atoms with E-state index in [1.54, 1.807) is 11.9 Å². The van der Waals surface area contributed by atoms with E-state index in [1.165, 1.54) is 0 Å². The number of carbonyl (C=O) groups is 2. The predicted octanol–water partition coefficient (Wildman–Crippen LogP) is 2.25. The van der Waals surface area contributed by atoms with Crippen molar-refractivity contribution in [3.63, 3.8) is 0 Å². The van der Waals surface area contributed by atoms with Gasteiger partial charge in [0.25, 0.3) is 0 Å². The number of aryl methyl sites for hydroxylation is 1. The minimum absolute atomic E-state index is 0.0308. The summed E-state index contributed by atoms with van der Waals surface area (Å²) in [5.41, 5.74) is 1.98. The van der Waals surface area contributed by atoms with Gasteiger partial charge in [0.15, 0.2) is 0 Å². The first-order valence-corrected chi connectivity index (χ1v) is 8.82. The third-order valence-corrected chi connectivity index (χ3v) is 4.87. The largest absolute Gasteiger partial charge is 0.346 e. The van der Waals surface area contributed by atoms with Crippen molar-refractivity contribution in [2.45, 2.75) is 32.7 Å². The van der Waals surface area contributed by atoms with E-state index in [-0.39, 0.29) is 23.8 Å². The Balaban J connectivity index is 1.85. The summed E-state index contributed by atoms with van der Waals surface area (Å²) in [4.78, 5) is 30.8. The molecule has 0 radical (unpaired) electrons. The fraction of sp³-hybridized carbons (Fsp3) is 0.526. The molecule has 1 aliphatic rings. The van der Waals surface area contributed by atoms with E-state index < -0.39 is 0 Å². The van der Waals surface area contributed by atoms with Crippen LogP contribution in [0.4, 0.5) is 0 Å². The van der Waals surface area contributed by atoms with E-state index in [2.05, 4.69) is 23.7 Å². The van der Waals surface area contributed by atoms with E-state index in [9.17, 15) is 9.59 Å². The summed E-state index contributed by atoms with van der Waals surface area (Å²) >= 11 is 0. The number of amides is 2. The number of rotatable bonds is 5. The zero-order chi connectivity index (χ0) is 18.1. The smallest absolute Gasteiger partial charge is 0.226 e. The van der Waals surface area contributed by atoms with Crippen LogP contribution < -0.4 is 5.32 Å². The van der Waals surface area contributed by atoms with Crippen molar-refractivity contribution in [3.8, 4) is 0 Å². The van der Waals surface area contributed by atoms with Gasteiger partial charge in [-0.05, 0) is 24.5 Å².